The Morgan fingerprint density at radius 2 is 1.90 bits per heavy atom. The molecule has 0 amide bonds. The molecule has 0 spiro atoms. The van der Waals surface area contributed by atoms with Gasteiger partial charge in [0, 0.05) is 30.8 Å². The smallest absolute Gasteiger partial charge is 0.120 e. The van der Waals surface area contributed by atoms with Crippen LogP contribution in [0.15, 0.2) is 42.5 Å². The Morgan fingerprint density at radius 3 is 2.70 bits per heavy atom. The highest BCUT2D eigenvalue weighted by molar-refractivity contribution is 6.30. The number of phenols is 1. The van der Waals surface area contributed by atoms with E-state index in [0.29, 0.717) is 18.2 Å². The maximum atomic E-state index is 9.73. The van der Waals surface area contributed by atoms with Crippen molar-refractivity contribution < 1.29 is 9.84 Å². The second kappa shape index (κ2) is 7.29. The number of methoxy groups -OCH3 is 1. The second-order valence-electron chi connectivity index (χ2n) is 4.63. The summed E-state index contributed by atoms with van der Waals surface area (Å²) in [6.45, 7) is 1.91. The minimum Gasteiger partial charge on any atom is -0.508 e. The van der Waals surface area contributed by atoms with Crippen molar-refractivity contribution >= 4 is 11.6 Å². The first-order chi connectivity index (χ1) is 9.69. The van der Waals surface area contributed by atoms with Gasteiger partial charge in [0.2, 0.25) is 0 Å². The zero-order valence-corrected chi connectivity index (χ0v) is 12.2. The van der Waals surface area contributed by atoms with Gasteiger partial charge in [-0.15, -0.1) is 0 Å². The molecule has 0 aromatic heterocycles. The fraction of sp³-hybridized carbons (Fsp3) is 0.250. The molecule has 0 fully saturated rings. The quantitative estimate of drug-likeness (QED) is 0.856. The molecular weight excluding hydrogens is 274 g/mol. The summed E-state index contributed by atoms with van der Waals surface area (Å²) >= 11 is 5.92. The van der Waals surface area contributed by atoms with E-state index in [-0.39, 0.29) is 5.75 Å². The van der Waals surface area contributed by atoms with Gasteiger partial charge in [0.05, 0.1) is 6.61 Å². The van der Waals surface area contributed by atoms with Crippen LogP contribution in [-0.4, -0.2) is 12.2 Å². The van der Waals surface area contributed by atoms with Crippen LogP contribution in [0.4, 0.5) is 0 Å². The highest BCUT2D eigenvalue weighted by Gasteiger charge is 2.02. The summed E-state index contributed by atoms with van der Waals surface area (Å²) in [4.78, 5) is 0. The van der Waals surface area contributed by atoms with Crippen LogP contribution in [0.3, 0.4) is 0 Å². The highest BCUT2D eigenvalue weighted by atomic mass is 35.5. The summed E-state index contributed by atoms with van der Waals surface area (Å²) in [6, 6.07) is 13.3. The Hall–Kier alpha value is -1.55. The standard InChI is InChI=1S/C16H18ClNO2/c1-20-11-13-4-2-3-12(7-13)9-18-10-14-8-15(17)5-6-16(14)19/h2-8,18-19H,9-11H2,1H3. The van der Waals surface area contributed by atoms with Gasteiger partial charge >= 0.3 is 0 Å². The van der Waals surface area contributed by atoms with Gasteiger partial charge < -0.3 is 15.2 Å². The largest absolute Gasteiger partial charge is 0.508 e. The predicted molar refractivity (Wildman–Crippen MR) is 80.8 cm³/mol. The molecule has 0 aliphatic heterocycles. The van der Waals surface area contributed by atoms with Gasteiger partial charge in [0.15, 0.2) is 0 Å². The lowest BCUT2D eigenvalue weighted by molar-refractivity contribution is 0.185. The van der Waals surface area contributed by atoms with E-state index in [9.17, 15) is 5.11 Å². The summed E-state index contributed by atoms with van der Waals surface area (Å²) < 4.78 is 5.12. The van der Waals surface area contributed by atoms with Crippen LogP contribution in [-0.2, 0) is 24.4 Å². The topological polar surface area (TPSA) is 41.5 Å². The Balaban J connectivity index is 1.92. The molecule has 0 saturated carbocycles. The van der Waals surface area contributed by atoms with Crippen molar-refractivity contribution in [3.8, 4) is 5.75 Å². The molecule has 0 radical (unpaired) electrons. The minimum atomic E-state index is 0.259. The summed E-state index contributed by atoms with van der Waals surface area (Å²) in [5.74, 6) is 0.259. The molecule has 4 heteroatoms. The van der Waals surface area contributed by atoms with Gasteiger partial charge in [0.1, 0.15) is 5.75 Å². The average Bonchev–Trinajstić information content (AvgIpc) is 2.43. The molecule has 20 heavy (non-hydrogen) atoms. The molecule has 0 aliphatic rings. The molecule has 0 aliphatic carbocycles. The summed E-state index contributed by atoms with van der Waals surface area (Å²) in [6.07, 6.45) is 0. The number of phenolic OH excluding ortho intramolecular Hbond substituents is 1. The van der Waals surface area contributed by atoms with Gasteiger partial charge in [-0.25, -0.2) is 0 Å². The van der Waals surface area contributed by atoms with E-state index < -0.39 is 0 Å². The third-order valence-electron chi connectivity index (χ3n) is 2.99. The summed E-state index contributed by atoms with van der Waals surface area (Å²) in [5.41, 5.74) is 3.13. The van der Waals surface area contributed by atoms with Gasteiger partial charge in [0.25, 0.3) is 0 Å². The van der Waals surface area contributed by atoms with E-state index in [1.807, 2.05) is 12.1 Å². The first-order valence-corrected chi connectivity index (χ1v) is 6.81. The Kier molecular flexibility index (Phi) is 5.41. The zero-order chi connectivity index (χ0) is 14.4. The molecule has 2 aromatic carbocycles. The van der Waals surface area contributed by atoms with Crippen molar-refractivity contribution in [2.24, 2.45) is 0 Å². The number of benzene rings is 2. The SMILES string of the molecule is COCc1cccc(CNCc2cc(Cl)ccc2O)c1. The number of rotatable bonds is 6. The van der Waals surface area contributed by atoms with E-state index in [1.54, 1.807) is 25.3 Å². The van der Waals surface area contributed by atoms with Crippen molar-refractivity contribution in [1.82, 2.24) is 5.32 Å². The van der Waals surface area contributed by atoms with E-state index >= 15 is 0 Å². The highest BCUT2D eigenvalue weighted by Crippen LogP contribution is 2.21. The average molecular weight is 292 g/mol. The monoisotopic (exact) mass is 291 g/mol. The Morgan fingerprint density at radius 1 is 1.10 bits per heavy atom. The number of nitrogens with one attached hydrogen (secondary N) is 1. The lowest BCUT2D eigenvalue weighted by atomic mass is 10.1. The molecule has 3 nitrogen and oxygen atoms in total. The first kappa shape index (κ1) is 14.9. The number of hydrogen-bond acceptors (Lipinski definition) is 3. The van der Waals surface area contributed by atoms with E-state index in [2.05, 4.69) is 17.4 Å². The number of ether oxygens (including phenoxy) is 1. The molecule has 0 heterocycles. The second-order valence-corrected chi connectivity index (χ2v) is 5.07. The van der Waals surface area contributed by atoms with Crippen LogP contribution in [0, 0.1) is 0 Å². The van der Waals surface area contributed by atoms with Crippen molar-refractivity contribution in [2.45, 2.75) is 19.7 Å². The zero-order valence-electron chi connectivity index (χ0n) is 11.4. The fourth-order valence-corrected chi connectivity index (χ4v) is 2.23. The van der Waals surface area contributed by atoms with Gasteiger partial charge in [-0.1, -0.05) is 35.9 Å². The van der Waals surface area contributed by atoms with E-state index in [0.717, 1.165) is 17.7 Å². The Bertz CT molecular complexity index is 572. The molecule has 2 rings (SSSR count). The minimum absolute atomic E-state index is 0.259. The molecular formula is C16H18ClNO2. The number of halogens is 1. The molecule has 0 bridgehead atoms. The van der Waals surface area contributed by atoms with Crippen LogP contribution < -0.4 is 5.32 Å². The lowest BCUT2D eigenvalue weighted by Gasteiger charge is -2.08. The fourth-order valence-electron chi connectivity index (χ4n) is 2.03. The van der Waals surface area contributed by atoms with Crippen molar-refractivity contribution in [2.75, 3.05) is 7.11 Å². The normalized spacial score (nSPS) is 10.7. The molecule has 0 saturated heterocycles. The van der Waals surface area contributed by atoms with Crippen LogP contribution in [0.2, 0.25) is 5.02 Å². The summed E-state index contributed by atoms with van der Waals surface area (Å²) in [5, 5.41) is 13.7. The third-order valence-corrected chi connectivity index (χ3v) is 3.22. The molecule has 0 unspecified atom stereocenters. The van der Waals surface area contributed by atoms with E-state index in [1.165, 1.54) is 5.56 Å². The molecule has 0 atom stereocenters. The number of aromatic hydroxyl groups is 1. The number of hydrogen-bond donors (Lipinski definition) is 2. The summed E-state index contributed by atoms with van der Waals surface area (Å²) in [7, 11) is 1.69. The third kappa shape index (κ3) is 4.23. The van der Waals surface area contributed by atoms with Crippen LogP contribution in [0.1, 0.15) is 16.7 Å². The Labute approximate surface area is 124 Å². The van der Waals surface area contributed by atoms with Crippen LogP contribution in [0.25, 0.3) is 0 Å². The molecule has 2 aromatic rings. The van der Waals surface area contributed by atoms with E-state index in [4.69, 9.17) is 16.3 Å². The van der Waals surface area contributed by atoms with Crippen molar-refractivity contribution in [3.63, 3.8) is 0 Å². The molecule has 2 N–H and O–H groups in total. The van der Waals surface area contributed by atoms with Gasteiger partial charge in [-0.3, -0.25) is 0 Å². The van der Waals surface area contributed by atoms with Crippen LogP contribution >= 0.6 is 11.6 Å². The van der Waals surface area contributed by atoms with Crippen LogP contribution in [0.5, 0.6) is 5.75 Å². The lowest BCUT2D eigenvalue weighted by Crippen LogP contribution is -2.13. The maximum absolute atomic E-state index is 9.73. The first-order valence-electron chi connectivity index (χ1n) is 6.44. The van der Waals surface area contributed by atoms with Gasteiger partial charge in [-0.2, -0.15) is 0 Å². The van der Waals surface area contributed by atoms with Gasteiger partial charge in [-0.05, 0) is 29.3 Å². The maximum Gasteiger partial charge on any atom is 0.120 e. The van der Waals surface area contributed by atoms with Crippen molar-refractivity contribution in [3.05, 3.63) is 64.2 Å². The molecule has 106 valence electrons. The van der Waals surface area contributed by atoms with Crippen molar-refractivity contribution in [1.29, 1.82) is 0 Å². The predicted octanol–water partition coefficient (Wildman–Crippen LogP) is 3.48.